The SMILES string of the molecule is COc1cc(CNC(=O)c2cc(-c3nnn(CC4CCC(O)CO4)n3)cc(C)n2)ccc1F. The second-order valence-electron chi connectivity index (χ2n) is 7.89. The summed E-state index contributed by atoms with van der Waals surface area (Å²) in [4.78, 5) is 18.4. The number of tetrazole rings is 1. The number of aliphatic hydroxyl groups excluding tert-OH is 1. The summed E-state index contributed by atoms with van der Waals surface area (Å²) in [6.07, 6.45) is 0.895. The van der Waals surface area contributed by atoms with Gasteiger partial charge in [0.05, 0.1) is 32.5 Å². The predicted molar refractivity (Wildman–Crippen MR) is 115 cm³/mol. The van der Waals surface area contributed by atoms with Crippen LogP contribution in [0.3, 0.4) is 0 Å². The van der Waals surface area contributed by atoms with Gasteiger partial charge < -0.3 is 19.9 Å². The highest BCUT2D eigenvalue weighted by Gasteiger charge is 2.21. The minimum Gasteiger partial charge on any atom is -0.494 e. The van der Waals surface area contributed by atoms with Crippen LogP contribution >= 0.6 is 0 Å². The van der Waals surface area contributed by atoms with Crippen LogP contribution in [0.2, 0.25) is 0 Å². The fraction of sp³-hybridized carbons (Fsp3) is 0.409. The summed E-state index contributed by atoms with van der Waals surface area (Å²) in [6.45, 7) is 2.69. The third-order valence-electron chi connectivity index (χ3n) is 5.28. The molecule has 1 aliphatic heterocycles. The number of hydrogen-bond donors (Lipinski definition) is 2. The first-order valence-corrected chi connectivity index (χ1v) is 10.6. The van der Waals surface area contributed by atoms with E-state index in [1.54, 1.807) is 25.1 Å². The molecule has 33 heavy (non-hydrogen) atoms. The first kappa shape index (κ1) is 22.7. The smallest absolute Gasteiger partial charge is 0.270 e. The van der Waals surface area contributed by atoms with Crippen LogP contribution in [0.4, 0.5) is 4.39 Å². The standard InChI is InChI=1S/C22H25FN6O4/c1-13-7-15(21-26-28-29(27-21)11-17-5-4-16(30)12-33-17)9-19(25-13)22(31)24-10-14-3-6-18(23)20(8-14)32-2/h3,6-9,16-17,30H,4-5,10-12H2,1-2H3,(H,24,31). The van der Waals surface area contributed by atoms with E-state index in [-0.39, 0.29) is 30.0 Å². The molecular formula is C22H25FN6O4. The van der Waals surface area contributed by atoms with Crippen LogP contribution in [0.25, 0.3) is 11.4 Å². The number of methoxy groups -OCH3 is 1. The summed E-state index contributed by atoms with van der Waals surface area (Å²) >= 11 is 0. The molecule has 2 aromatic heterocycles. The molecule has 2 atom stereocenters. The first-order valence-electron chi connectivity index (χ1n) is 10.6. The van der Waals surface area contributed by atoms with Crippen molar-refractivity contribution in [1.82, 2.24) is 30.5 Å². The van der Waals surface area contributed by atoms with Gasteiger partial charge in [-0.15, -0.1) is 10.2 Å². The third-order valence-corrected chi connectivity index (χ3v) is 5.28. The third kappa shape index (κ3) is 5.68. The Morgan fingerprint density at radius 3 is 2.94 bits per heavy atom. The van der Waals surface area contributed by atoms with E-state index in [2.05, 4.69) is 25.7 Å². The van der Waals surface area contributed by atoms with Crippen molar-refractivity contribution in [3.8, 4) is 17.1 Å². The van der Waals surface area contributed by atoms with Crippen molar-refractivity contribution in [3.63, 3.8) is 0 Å². The normalized spacial score (nSPS) is 18.2. The molecule has 0 bridgehead atoms. The first-order chi connectivity index (χ1) is 15.9. The van der Waals surface area contributed by atoms with Gasteiger partial charge >= 0.3 is 0 Å². The van der Waals surface area contributed by atoms with Crippen LogP contribution in [0, 0.1) is 12.7 Å². The van der Waals surface area contributed by atoms with Gasteiger partial charge in [-0.3, -0.25) is 4.79 Å². The molecule has 174 valence electrons. The lowest BCUT2D eigenvalue weighted by molar-refractivity contribution is -0.0636. The van der Waals surface area contributed by atoms with E-state index < -0.39 is 11.9 Å². The van der Waals surface area contributed by atoms with Crippen molar-refractivity contribution in [2.75, 3.05) is 13.7 Å². The van der Waals surface area contributed by atoms with Gasteiger partial charge in [0.25, 0.3) is 5.91 Å². The summed E-state index contributed by atoms with van der Waals surface area (Å²) in [6, 6.07) is 7.77. The van der Waals surface area contributed by atoms with Crippen molar-refractivity contribution in [2.24, 2.45) is 0 Å². The van der Waals surface area contributed by atoms with E-state index in [1.807, 2.05) is 0 Å². The molecule has 3 heterocycles. The summed E-state index contributed by atoms with van der Waals surface area (Å²) in [7, 11) is 1.38. The molecule has 1 saturated heterocycles. The second kappa shape index (κ2) is 10.0. The van der Waals surface area contributed by atoms with E-state index in [4.69, 9.17) is 9.47 Å². The number of aryl methyl sites for hydroxylation is 1. The number of nitrogens with zero attached hydrogens (tertiary/aromatic N) is 5. The van der Waals surface area contributed by atoms with Gasteiger partial charge in [0, 0.05) is 17.8 Å². The van der Waals surface area contributed by atoms with Gasteiger partial charge in [0.1, 0.15) is 5.69 Å². The zero-order valence-corrected chi connectivity index (χ0v) is 18.4. The number of aliphatic hydroxyl groups is 1. The van der Waals surface area contributed by atoms with Crippen LogP contribution < -0.4 is 10.1 Å². The zero-order valence-electron chi connectivity index (χ0n) is 18.4. The maximum absolute atomic E-state index is 13.6. The predicted octanol–water partition coefficient (Wildman–Crippen LogP) is 1.66. The topological polar surface area (TPSA) is 124 Å². The highest BCUT2D eigenvalue weighted by molar-refractivity contribution is 5.93. The lowest BCUT2D eigenvalue weighted by Gasteiger charge is -2.25. The average molecular weight is 456 g/mol. The number of ether oxygens (including phenoxy) is 2. The molecule has 2 N–H and O–H groups in total. The Balaban J connectivity index is 1.43. The maximum Gasteiger partial charge on any atom is 0.270 e. The van der Waals surface area contributed by atoms with E-state index in [0.717, 1.165) is 6.42 Å². The van der Waals surface area contributed by atoms with Crippen LogP contribution in [-0.4, -0.2) is 62.1 Å². The Morgan fingerprint density at radius 1 is 1.33 bits per heavy atom. The number of carbonyl (C=O) groups is 1. The number of aromatic nitrogens is 5. The van der Waals surface area contributed by atoms with Crippen LogP contribution in [0.1, 0.15) is 34.6 Å². The lowest BCUT2D eigenvalue weighted by Crippen LogP contribution is -2.32. The van der Waals surface area contributed by atoms with Gasteiger partial charge in [0.2, 0.25) is 5.82 Å². The molecule has 2 unspecified atom stereocenters. The molecule has 1 aromatic carbocycles. The fourth-order valence-corrected chi connectivity index (χ4v) is 3.56. The summed E-state index contributed by atoms with van der Waals surface area (Å²) in [5, 5.41) is 24.9. The van der Waals surface area contributed by atoms with Crippen LogP contribution in [0.5, 0.6) is 5.75 Å². The van der Waals surface area contributed by atoms with E-state index >= 15 is 0 Å². The molecule has 11 heteroatoms. The van der Waals surface area contributed by atoms with E-state index in [1.165, 1.54) is 24.0 Å². The maximum atomic E-state index is 13.6. The number of hydrogen-bond acceptors (Lipinski definition) is 8. The number of benzene rings is 1. The fourth-order valence-electron chi connectivity index (χ4n) is 3.56. The van der Waals surface area contributed by atoms with Crippen molar-refractivity contribution < 1.29 is 23.8 Å². The minimum atomic E-state index is -0.467. The molecule has 1 amide bonds. The molecule has 10 nitrogen and oxygen atoms in total. The Kier molecular flexibility index (Phi) is 6.90. The molecule has 0 radical (unpaired) electrons. The minimum absolute atomic E-state index is 0.0824. The average Bonchev–Trinajstić information content (AvgIpc) is 3.28. The number of amides is 1. The van der Waals surface area contributed by atoms with Crippen LogP contribution in [0.15, 0.2) is 30.3 Å². The number of nitrogens with one attached hydrogen (secondary N) is 1. The Labute approximate surface area is 189 Å². The number of carbonyl (C=O) groups excluding carboxylic acids is 1. The molecule has 3 aromatic rings. The summed E-state index contributed by atoms with van der Waals surface area (Å²) in [5.41, 5.74) is 2.14. The van der Waals surface area contributed by atoms with Gasteiger partial charge in [0.15, 0.2) is 11.6 Å². The van der Waals surface area contributed by atoms with Gasteiger partial charge in [-0.2, -0.15) is 4.80 Å². The van der Waals surface area contributed by atoms with Crippen molar-refractivity contribution in [2.45, 2.75) is 45.1 Å². The molecular weight excluding hydrogens is 431 g/mol. The lowest BCUT2D eigenvalue weighted by atomic mass is 10.1. The van der Waals surface area contributed by atoms with E-state index in [9.17, 15) is 14.3 Å². The van der Waals surface area contributed by atoms with Gasteiger partial charge in [-0.25, -0.2) is 9.37 Å². The summed E-state index contributed by atoms with van der Waals surface area (Å²) < 4.78 is 24.1. The Bertz CT molecular complexity index is 1130. The molecule has 1 fully saturated rings. The molecule has 1 aliphatic rings. The van der Waals surface area contributed by atoms with E-state index in [0.29, 0.717) is 42.2 Å². The van der Waals surface area contributed by atoms with Gasteiger partial charge in [-0.05, 0) is 54.8 Å². The molecule has 0 aliphatic carbocycles. The highest BCUT2D eigenvalue weighted by atomic mass is 19.1. The molecule has 0 spiro atoms. The zero-order chi connectivity index (χ0) is 23.4. The largest absolute Gasteiger partial charge is 0.494 e. The number of pyridine rings is 1. The number of rotatable bonds is 7. The molecule has 0 saturated carbocycles. The highest BCUT2D eigenvalue weighted by Crippen LogP contribution is 2.20. The van der Waals surface area contributed by atoms with Crippen molar-refractivity contribution in [3.05, 3.63) is 53.1 Å². The summed E-state index contributed by atoms with van der Waals surface area (Å²) in [5.74, 6) is -0.370. The Morgan fingerprint density at radius 2 is 2.18 bits per heavy atom. The second-order valence-corrected chi connectivity index (χ2v) is 7.89. The Hall–Kier alpha value is -3.44. The van der Waals surface area contributed by atoms with Crippen molar-refractivity contribution in [1.29, 1.82) is 0 Å². The monoisotopic (exact) mass is 456 g/mol. The van der Waals surface area contributed by atoms with Crippen molar-refractivity contribution >= 4 is 5.91 Å². The quantitative estimate of drug-likeness (QED) is 0.550. The van der Waals surface area contributed by atoms with Crippen LogP contribution in [-0.2, 0) is 17.8 Å². The van der Waals surface area contributed by atoms with Gasteiger partial charge in [-0.1, -0.05) is 6.07 Å². The number of halogens is 1. The molecule has 4 rings (SSSR count).